The van der Waals surface area contributed by atoms with Crippen LogP contribution < -0.4 is 10.6 Å². The minimum absolute atomic E-state index is 0.181. The molecule has 22 heavy (non-hydrogen) atoms. The van der Waals surface area contributed by atoms with Gasteiger partial charge >= 0.3 is 6.03 Å². The van der Waals surface area contributed by atoms with Crippen molar-refractivity contribution in [2.75, 3.05) is 6.54 Å². The van der Waals surface area contributed by atoms with E-state index in [9.17, 15) is 9.90 Å². The molecule has 0 bridgehead atoms. The third kappa shape index (κ3) is 4.52. The third-order valence-corrected chi connectivity index (χ3v) is 3.55. The molecular formula is C18H22N2O2. The quantitative estimate of drug-likeness (QED) is 0.794. The maximum Gasteiger partial charge on any atom is 0.315 e. The normalized spacial score (nSPS) is 10.3. The minimum Gasteiger partial charge on any atom is -0.507 e. The molecule has 0 aromatic heterocycles. The summed E-state index contributed by atoms with van der Waals surface area (Å²) in [6.45, 7) is 4.75. The van der Waals surface area contributed by atoms with Gasteiger partial charge in [-0.05, 0) is 42.5 Å². The van der Waals surface area contributed by atoms with Crippen LogP contribution >= 0.6 is 0 Å². The number of carbonyl (C=O) groups excluding carboxylic acids is 1. The van der Waals surface area contributed by atoms with Gasteiger partial charge in [0.2, 0.25) is 0 Å². The number of phenols is 1. The molecule has 2 rings (SSSR count). The molecule has 2 amide bonds. The van der Waals surface area contributed by atoms with Crippen LogP contribution in [0.15, 0.2) is 42.5 Å². The lowest BCUT2D eigenvalue weighted by molar-refractivity contribution is 0.240. The molecule has 0 saturated heterocycles. The SMILES string of the molecule is Cc1cc(CNC(=O)NCCc2ccccc2)cc(C)c1O. The Morgan fingerprint density at radius 1 is 1.00 bits per heavy atom. The van der Waals surface area contributed by atoms with Crippen LogP contribution in [0.4, 0.5) is 4.79 Å². The largest absolute Gasteiger partial charge is 0.507 e. The summed E-state index contributed by atoms with van der Waals surface area (Å²) in [6, 6.07) is 13.6. The number of benzene rings is 2. The number of carbonyl (C=O) groups is 1. The fraction of sp³-hybridized carbons (Fsp3) is 0.278. The number of rotatable bonds is 5. The zero-order valence-corrected chi connectivity index (χ0v) is 13.0. The summed E-state index contributed by atoms with van der Waals surface area (Å²) < 4.78 is 0. The van der Waals surface area contributed by atoms with Gasteiger partial charge in [0.05, 0.1) is 0 Å². The molecule has 0 heterocycles. The lowest BCUT2D eigenvalue weighted by atomic mass is 10.1. The van der Waals surface area contributed by atoms with Crippen LogP contribution in [0.1, 0.15) is 22.3 Å². The molecule has 116 valence electrons. The Kier molecular flexibility index (Phi) is 5.42. The fourth-order valence-corrected chi connectivity index (χ4v) is 2.36. The van der Waals surface area contributed by atoms with Crippen molar-refractivity contribution in [1.82, 2.24) is 10.6 Å². The highest BCUT2D eigenvalue weighted by Gasteiger charge is 2.05. The molecule has 0 fully saturated rings. The predicted molar refractivity (Wildman–Crippen MR) is 88.0 cm³/mol. The van der Waals surface area contributed by atoms with Crippen molar-refractivity contribution in [1.29, 1.82) is 0 Å². The third-order valence-electron chi connectivity index (χ3n) is 3.55. The molecule has 0 saturated carbocycles. The fourth-order valence-electron chi connectivity index (χ4n) is 2.36. The van der Waals surface area contributed by atoms with Crippen molar-refractivity contribution >= 4 is 6.03 Å². The number of aryl methyl sites for hydroxylation is 2. The second kappa shape index (κ2) is 7.50. The number of hydrogen-bond acceptors (Lipinski definition) is 2. The number of aromatic hydroxyl groups is 1. The van der Waals surface area contributed by atoms with Crippen LogP contribution in [0.2, 0.25) is 0 Å². The summed E-state index contributed by atoms with van der Waals surface area (Å²) in [6.07, 6.45) is 0.811. The Labute approximate surface area is 131 Å². The Morgan fingerprint density at radius 2 is 1.64 bits per heavy atom. The average molecular weight is 298 g/mol. The summed E-state index contributed by atoms with van der Waals surface area (Å²) in [5.74, 6) is 0.316. The zero-order valence-electron chi connectivity index (χ0n) is 13.0. The van der Waals surface area contributed by atoms with Crippen LogP contribution in [0.3, 0.4) is 0 Å². The number of amides is 2. The molecule has 2 aromatic carbocycles. The molecule has 0 unspecified atom stereocenters. The lowest BCUT2D eigenvalue weighted by Gasteiger charge is -2.10. The molecule has 0 aliphatic rings. The first-order valence-corrected chi connectivity index (χ1v) is 7.41. The summed E-state index contributed by atoms with van der Waals surface area (Å²) >= 11 is 0. The van der Waals surface area contributed by atoms with E-state index < -0.39 is 0 Å². The van der Waals surface area contributed by atoms with Gasteiger partial charge in [0.1, 0.15) is 5.75 Å². The Balaban J connectivity index is 1.76. The van der Waals surface area contributed by atoms with E-state index in [1.807, 2.05) is 56.3 Å². The number of phenolic OH excluding ortho intramolecular Hbond substituents is 1. The van der Waals surface area contributed by atoms with Crippen molar-refractivity contribution in [3.8, 4) is 5.75 Å². The van der Waals surface area contributed by atoms with E-state index in [0.29, 0.717) is 18.8 Å². The van der Waals surface area contributed by atoms with E-state index in [2.05, 4.69) is 10.6 Å². The van der Waals surface area contributed by atoms with Crippen LogP contribution in [0.25, 0.3) is 0 Å². The molecule has 4 heteroatoms. The van der Waals surface area contributed by atoms with Crippen molar-refractivity contribution in [2.24, 2.45) is 0 Å². The molecule has 0 spiro atoms. The first kappa shape index (κ1) is 15.9. The molecule has 0 aliphatic heterocycles. The van der Waals surface area contributed by atoms with Crippen LogP contribution in [0, 0.1) is 13.8 Å². The van der Waals surface area contributed by atoms with Crippen LogP contribution in [-0.2, 0) is 13.0 Å². The maximum absolute atomic E-state index is 11.8. The Morgan fingerprint density at radius 3 is 2.27 bits per heavy atom. The second-order valence-corrected chi connectivity index (χ2v) is 5.42. The standard InChI is InChI=1S/C18H22N2O2/c1-13-10-16(11-14(2)17(13)21)12-20-18(22)19-9-8-15-6-4-3-5-7-15/h3-7,10-11,21H,8-9,12H2,1-2H3,(H2,19,20,22). The average Bonchev–Trinajstić information content (AvgIpc) is 2.51. The molecule has 2 aromatic rings. The first-order chi connectivity index (χ1) is 10.6. The van der Waals surface area contributed by atoms with Crippen molar-refractivity contribution < 1.29 is 9.90 Å². The maximum atomic E-state index is 11.8. The van der Waals surface area contributed by atoms with Gasteiger partial charge in [0, 0.05) is 13.1 Å². The Bertz CT molecular complexity index is 616. The van der Waals surface area contributed by atoms with E-state index in [1.54, 1.807) is 0 Å². The molecule has 3 N–H and O–H groups in total. The van der Waals surface area contributed by atoms with Gasteiger partial charge < -0.3 is 15.7 Å². The van der Waals surface area contributed by atoms with Gasteiger partial charge in [0.25, 0.3) is 0 Å². The van der Waals surface area contributed by atoms with Gasteiger partial charge in [0.15, 0.2) is 0 Å². The van der Waals surface area contributed by atoms with Gasteiger partial charge in [-0.25, -0.2) is 4.79 Å². The number of nitrogens with one attached hydrogen (secondary N) is 2. The van der Waals surface area contributed by atoms with Crippen LogP contribution in [-0.4, -0.2) is 17.7 Å². The number of urea groups is 1. The van der Waals surface area contributed by atoms with Gasteiger partial charge in [-0.1, -0.05) is 42.5 Å². The molecule has 0 radical (unpaired) electrons. The topological polar surface area (TPSA) is 61.4 Å². The van der Waals surface area contributed by atoms with E-state index >= 15 is 0 Å². The highest BCUT2D eigenvalue weighted by Crippen LogP contribution is 2.22. The van der Waals surface area contributed by atoms with Gasteiger partial charge in [-0.15, -0.1) is 0 Å². The Hall–Kier alpha value is -2.49. The van der Waals surface area contributed by atoms with Crippen molar-refractivity contribution in [2.45, 2.75) is 26.8 Å². The van der Waals surface area contributed by atoms with E-state index in [-0.39, 0.29) is 6.03 Å². The smallest absolute Gasteiger partial charge is 0.315 e. The molecule has 0 atom stereocenters. The summed E-state index contributed by atoms with van der Waals surface area (Å²) in [4.78, 5) is 11.8. The van der Waals surface area contributed by atoms with Gasteiger partial charge in [-0.3, -0.25) is 0 Å². The monoisotopic (exact) mass is 298 g/mol. The molecule has 0 aliphatic carbocycles. The van der Waals surface area contributed by atoms with Crippen molar-refractivity contribution in [3.63, 3.8) is 0 Å². The van der Waals surface area contributed by atoms with Gasteiger partial charge in [-0.2, -0.15) is 0 Å². The van der Waals surface area contributed by atoms with Crippen LogP contribution in [0.5, 0.6) is 5.75 Å². The van der Waals surface area contributed by atoms with E-state index in [4.69, 9.17) is 0 Å². The minimum atomic E-state index is -0.181. The summed E-state index contributed by atoms with van der Waals surface area (Å²) in [7, 11) is 0. The first-order valence-electron chi connectivity index (χ1n) is 7.41. The highest BCUT2D eigenvalue weighted by atomic mass is 16.3. The molecule has 4 nitrogen and oxygen atoms in total. The highest BCUT2D eigenvalue weighted by molar-refractivity contribution is 5.73. The lowest BCUT2D eigenvalue weighted by Crippen LogP contribution is -2.36. The molecular weight excluding hydrogens is 276 g/mol. The zero-order chi connectivity index (χ0) is 15.9. The predicted octanol–water partition coefficient (Wildman–Crippen LogP) is 3.05. The summed E-state index contributed by atoms with van der Waals surface area (Å²) in [5, 5.41) is 15.4. The van der Waals surface area contributed by atoms with E-state index in [0.717, 1.165) is 23.1 Å². The number of hydrogen-bond donors (Lipinski definition) is 3. The van der Waals surface area contributed by atoms with Crippen molar-refractivity contribution in [3.05, 3.63) is 64.7 Å². The summed E-state index contributed by atoms with van der Waals surface area (Å²) in [5.41, 5.74) is 3.82. The second-order valence-electron chi connectivity index (χ2n) is 5.42. The van der Waals surface area contributed by atoms with E-state index in [1.165, 1.54) is 5.56 Å².